The number of carboxylic acids is 1. The van der Waals surface area contributed by atoms with E-state index in [2.05, 4.69) is 18.3 Å². The number of thiophene rings is 1. The number of rotatable bonds is 6. The van der Waals surface area contributed by atoms with E-state index in [-0.39, 0.29) is 11.6 Å². The molecule has 2 aromatic rings. The van der Waals surface area contributed by atoms with Gasteiger partial charge in [-0.25, -0.2) is 4.79 Å². The Morgan fingerprint density at radius 2 is 2.25 bits per heavy atom. The fraction of sp³-hybridized carbons (Fsp3) is 0.267. The number of aromatic carboxylic acids is 1. The molecule has 0 saturated carbocycles. The van der Waals surface area contributed by atoms with Gasteiger partial charge in [0.05, 0.1) is 24.4 Å². The molecular weight excluding hydrogens is 274 g/mol. The van der Waals surface area contributed by atoms with Crippen LogP contribution in [0.15, 0.2) is 35.7 Å². The summed E-state index contributed by atoms with van der Waals surface area (Å²) in [6.45, 7) is 2.09. The third-order valence-electron chi connectivity index (χ3n) is 3.07. The Morgan fingerprint density at radius 1 is 1.45 bits per heavy atom. The Balaban J connectivity index is 2.30. The van der Waals surface area contributed by atoms with E-state index in [0.717, 1.165) is 6.42 Å². The zero-order chi connectivity index (χ0) is 14.5. The molecule has 1 aromatic carbocycles. The second kappa shape index (κ2) is 6.43. The van der Waals surface area contributed by atoms with Gasteiger partial charge >= 0.3 is 5.97 Å². The summed E-state index contributed by atoms with van der Waals surface area (Å²) in [5.41, 5.74) is 0.946. The SMILES string of the molecule is CCC(Nc1cc(C(=O)O)ccc1OC)c1cccs1. The molecule has 106 valence electrons. The first-order valence-corrected chi connectivity index (χ1v) is 7.25. The van der Waals surface area contributed by atoms with Crippen LogP contribution in [0.25, 0.3) is 0 Å². The highest BCUT2D eigenvalue weighted by atomic mass is 32.1. The Bertz CT molecular complexity index is 581. The van der Waals surface area contributed by atoms with E-state index < -0.39 is 5.97 Å². The fourth-order valence-corrected chi connectivity index (χ4v) is 2.87. The predicted octanol–water partition coefficient (Wildman–Crippen LogP) is 4.02. The van der Waals surface area contributed by atoms with E-state index in [0.29, 0.717) is 11.4 Å². The summed E-state index contributed by atoms with van der Waals surface area (Å²) in [6.07, 6.45) is 0.904. The van der Waals surface area contributed by atoms with Gasteiger partial charge in [-0.2, -0.15) is 0 Å². The van der Waals surface area contributed by atoms with Crippen LogP contribution in [0, 0.1) is 0 Å². The van der Waals surface area contributed by atoms with Crippen LogP contribution < -0.4 is 10.1 Å². The zero-order valence-electron chi connectivity index (χ0n) is 11.4. The van der Waals surface area contributed by atoms with Crippen molar-refractivity contribution in [1.29, 1.82) is 0 Å². The van der Waals surface area contributed by atoms with E-state index in [1.54, 1.807) is 36.6 Å². The van der Waals surface area contributed by atoms with Crippen molar-refractivity contribution < 1.29 is 14.6 Å². The number of benzene rings is 1. The molecule has 4 nitrogen and oxygen atoms in total. The van der Waals surface area contributed by atoms with Crippen LogP contribution in [0.2, 0.25) is 0 Å². The third-order valence-corrected chi connectivity index (χ3v) is 4.06. The topological polar surface area (TPSA) is 58.6 Å². The zero-order valence-corrected chi connectivity index (χ0v) is 12.2. The van der Waals surface area contributed by atoms with Crippen LogP contribution >= 0.6 is 11.3 Å². The number of methoxy groups -OCH3 is 1. The fourth-order valence-electron chi connectivity index (χ4n) is 2.01. The molecule has 1 heterocycles. The molecule has 1 aromatic heterocycles. The van der Waals surface area contributed by atoms with Gasteiger partial charge in [-0.1, -0.05) is 13.0 Å². The van der Waals surface area contributed by atoms with Crippen LogP contribution in [-0.4, -0.2) is 18.2 Å². The maximum atomic E-state index is 11.1. The number of nitrogens with one attached hydrogen (secondary N) is 1. The maximum absolute atomic E-state index is 11.1. The minimum Gasteiger partial charge on any atom is -0.495 e. The molecule has 2 rings (SSSR count). The summed E-state index contributed by atoms with van der Waals surface area (Å²) >= 11 is 1.68. The minimum atomic E-state index is -0.945. The number of carbonyl (C=O) groups is 1. The van der Waals surface area contributed by atoms with E-state index in [1.165, 1.54) is 4.88 Å². The lowest BCUT2D eigenvalue weighted by Gasteiger charge is -2.19. The number of carboxylic acid groups (broad SMARTS) is 1. The van der Waals surface area contributed by atoms with E-state index in [9.17, 15) is 4.79 Å². The van der Waals surface area contributed by atoms with E-state index in [4.69, 9.17) is 9.84 Å². The summed E-state index contributed by atoms with van der Waals surface area (Å²) in [4.78, 5) is 12.3. The lowest BCUT2D eigenvalue weighted by Crippen LogP contribution is -2.10. The lowest BCUT2D eigenvalue weighted by atomic mass is 10.1. The highest BCUT2D eigenvalue weighted by Crippen LogP contribution is 2.32. The average molecular weight is 291 g/mol. The highest BCUT2D eigenvalue weighted by Gasteiger charge is 2.14. The molecule has 20 heavy (non-hydrogen) atoms. The molecule has 0 aliphatic rings. The van der Waals surface area contributed by atoms with E-state index >= 15 is 0 Å². The molecule has 0 spiro atoms. The molecule has 5 heteroatoms. The summed E-state index contributed by atoms with van der Waals surface area (Å²) < 4.78 is 5.29. The number of hydrogen-bond acceptors (Lipinski definition) is 4. The van der Waals surface area contributed by atoms with Gasteiger partial charge in [0.25, 0.3) is 0 Å². The molecule has 0 bridgehead atoms. The Kier molecular flexibility index (Phi) is 4.63. The number of hydrogen-bond donors (Lipinski definition) is 2. The average Bonchev–Trinajstić information content (AvgIpc) is 2.98. The van der Waals surface area contributed by atoms with Crippen molar-refractivity contribution in [3.8, 4) is 5.75 Å². The van der Waals surface area contributed by atoms with Crippen LogP contribution in [0.4, 0.5) is 5.69 Å². The maximum Gasteiger partial charge on any atom is 0.335 e. The van der Waals surface area contributed by atoms with Crippen molar-refractivity contribution in [3.63, 3.8) is 0 Å². The van der Waals surface area contributed by atoms with Gasteiger partial charge in [0.15, 0.2) is 0 Å². The van der Waals surface area contributed by atoms with Crippen molar-refractivity contribution in [2.75, 3.05) is 12.4 Å². The highest BCUT2D eigenvalue weighted by molar-refractivity contribution is 7.10. The van der Waals surface area contributed by atoms with Gasteiger partial charge in [0.2, 0.25) is 0 Å². The molecule has 2 N–H and O–H groups in total. The smallest absolute Gasteiger partial charge is 0.335 e. The molecule has 1 atom stereocenters. The van der Waals surface area contributed by atoms with Gasteiger partial charge in [-0.15, -0.1) is 11.3 Å². The summed E-state index contributed by atoms with van der Waals surface area (Å²) in [5, 5.41) is 14.5. The minimum absolute atomic E-state index is 0.146. The van der Waals surface area contributed by atoms with Crippen molar-refractivity contribution in [1.82, 2.24) is 0 Å². The van der Waals surface area contributed by atoms with Gasteiger partial charge in [0.1, 0.15) is 5.75 Å². The second-order valence-electron chi connectivity index (χ2n) is 4.34. The van der Waals surface area contributed by atoms with Crippen molar-refractivity contribution in [2.24, 2.45) is 0 Å². The first kappa shape index (κ1) is 14.4. The van der Waals surface area contributed by atoms with Crippen molar-refractivity contribution in [2.45, 2.75) is 19.4 Å². The Labute approximate surface area is 122 Å². The van der Waals surface area contributed by atoms with Crippen molar-refractivity contribution >= 4 is 23.0 Å². The molecule has 1 unspecified atom stereocenters. The number of anilines is 1. The normalized spacial score (nSPS) is 11.9. The largest absolute Gasteiger partial charge is 0.495 e. The van der Waals surface area contributed by atoms with Gasteiger partial charge < -0.3 is 15.2 Å². The standard InChI is InChI=1S/C15H17NO3S/c1-3-11(14-5-4-8-20-14)16-12-9-10(15(17)18)6-7-13(12)19-2/h4-9,11,16H,3H2,1-2H3,(H,17,18). The van der Waals surface area contributed by atoms with Gasteiger partial charge in [-0.3, -0.25) is 0 Å². The second-order valence-corrected chi connectivity index (χ2v) is 5.32. The van der Waals surface area contributed by atoms with Gasteiger partial charge in [0, 0.05) is 4.88 Å². The van der Waals surface area contributed by atoms with Crippen LogP contribution in [0.1, 0.15) is 34.6 Å². The molecule has 0 saturated heterocycles. The summed E-state index contributed by atoms with van der Waals surface area (Å²) in [6, 6.07) is 9.05. The Hall–Kier alpha value is -2.01. The molecule has 0 radical (unpaired) electrons. The third kappa shape index (κ3) is 3.11. The predicted molar refractivity (Wildman–Crippen MR) is 80.9 cm³/mol. The van der Waals surface area contributed by atoms with Crippen LogP contribution in [0.3, 0.4) is 0 Å². The first-order valence-electron chi connectivity index (χ1n) is 6.37. The monoisotopic (exact) mass is 291 g/mol. The molecule has 0 fully saturated rings. The quantitative estimate of drug-likeness (QED) is 0.844. The van der Waals surface area contributed by atoms with Gasteiger partial charge in [-0.05, 0) is 36.1 Å². The summed E-state index contributed by atoms with van der Waals surface area (Å²) in [5.74, 6) is -0.301. The molecule has 0 aliphatic carbocycles. The molecule has 0 amide bonds. The first-order chi connectivity index (χ1) is 9.65. The van der Waals surface area contributed by atoms with Crippen LogP contribution in [0.5, 0.6) is 5.75 Å². The van der Waals surface area contributed by atoms with E-state index in [1.807, 2.05) is 11.4 Å². The van der Waals surface area contributed by atoms with Crippen LogP contribution in [-0.2, 0) is 0 Å². The number of ether oxygens (including phenoxy) is 1. The Morgan fingerprint density at radius 3 is 2.80 bits per heavy atom. The lowest BCUT2D eigenvalue weighted by molar-refractivity contribution is 0.0697. The summed E-state index contributed by atoms with van der Waals surface area (Å²) in [7, 11) is 1.58. The molecule has 0 aliphatic heterocycles. The van der Waals surface area contributed by atoms with Crippen molar-refractivity contribution in [3.05, 3.63) is 46.2 Å². The molecular formula is C15H17NO3S.